The van der Waals surface area contributed by atoms with E-state index in [0.717, 1.165) is 18.4 Å². The highest BCUT2D eigenvalue weighted by atomic mass is 32.1. The summed E-state index contributed by atoms with van der Waals surface area (Å²) in [6.07, 6.45) is 1.69. The molecule has 1 saturated carbocycles. The zero-order valence-electron chi connectivity index (χ0n) is 15.7. The van der Waals surface area contributed by atoms with E-state index in [1.54, 1.807) is 30.5 Å². The van der Waals surface area contributed by atoms with Crippen molar-refractivity contribution in [2.45, 2.75) is 25.2 Å². The maximum absolute atomic E-state index is 11.9. The first-order valence-electron chi connectivity index (χ1n) is 9.11. The molecule has 0 atom stereocenters. The van der Waals surface area contributed by atoms with E-state index in [9.17, 15) is 19.7 Å². The second-order valence-corrected chi connectivity index (χ2v) is 8.15. The van der Waals surface area contributed by atoms with E-state index in [1.165, 1.54) is 17.4 Å². The van der Waals surface area contributed by atoms with Crippen LogP contribution in [0, 0.1) is 10.1 Å². The first-order valence-corrected chi connectivity index (χ1v) is 9.99. The molecule has 6 nitrogen and oxygen atoms in total. The van der Waals surface area contributed by atoms with Gasteiger partial charge in [0, 0.05) is 10.9 Å². The van der Waals surface area contributed by atoms with Gasteiger partial charge in [-0.1, -0.05) is 30.3 Å². The number of carbonyl (C=O) groups excluding carboxylic acids is 2. The number of nitrogens with zero attached hydrogens (tertiary/aromatic N) is 1. The number of nitro groups is 1. The van der Waals surface area contributed by atoms with E-state index < -0.39 is 10.8 Å². The summed E-state index contributed by atoms with van der Waals surface area (Å²) in [6.45, 7) is 1.61. The number of hydrogen-bond acceptors (Lipinski definition) is 5. The normalized spacial score (nSPS) is 14.4. The summed E-state index contributed by atoms with van der Waals surface area (Å²) in [5.74, 6) is -0.412. The predicted molar refractivity (Wildman–Crippen MR) is 112 cm³/mol. The summed E-state index contributed by atoms with van der Waals surface area (Å²) in [5.41, 5.74) is 8.04. The van der Waals surface area contributed by atoms with E-state index in [2.05, 4.69) is 0 Å². The highest BCUT2D eigenvalue weighted by Gasteiger charge is 2.48. The van der Waals surface area contributed by atoms with Gasteiger partial charge >= 0.3 is 0 Å². The third kappa shape index (κ3) is 3.23. The number of hydrogen-bond donors (Lipinski definition) is 1. The average molecular weight is 406 g/mol. The number of primary amides is 1. The van der Waals surface area contributed by atoms with Gasteiger partial charge < -0.3 is 5.73 Å². The molecule has 1 amide bonds. The van der Waals surface area contributed by atoms with Crippen molar-refractivity contribution >= 4 is 28.7 Å². The maximum Gasteiger partial charge on any atom is 0.277 e. The van der Waals surface area contributed by atoms with E-state index in [4.69, 9.17) is 5.73 Å². The molecule has 2 N–H and O–H groups in total. The van der Waals surface area contributed by atoms with Crippen molar-refractivity contribution in [3.63, 3.8) is 0 Å². The van der Waals surface area contributed by atoms with Crippen LogP contribution in [-0.4, -0.2) is 16.6 Å². The molecule has 0 saturated heterocycles. The largest absolute Gasteiger partial charge is 0.366 e. The van der Waals surface area contributed by atoms with Gasteiger partial charge in [0.2, 0.25) is 5.91 Å². The van der Waals surface area contributed by atoms with Crippen molar-refractivity contribution in [3.05, 3.63) is 75.2 Å². The molecule has 0 radical (unpaired) electrons. The molecule has 0 aliphatic heterocycles. The molecule has 1 aromatic heterocycles. The van der Waals surface area contributed by atoms with Gasteiger partial charge in [0.25, 0.3) is 5.69 Å². The van der Waals surface area contributed by atoms with Gasteiger partial charge in [-0.2, -0.15) is 0 Å². The molecule has 29 heavy (non-hydrogen) atoms. The number of benzene rings is 2. The number of rotatable bonds is 6. The van der Waals surface area contributed by atoms with Crippen LogP contribution in [0.4, 0.5) is 5.69 Å². The van der Waals surface area contributed by atoms with E-state index >= 15 is 0 Å². The monoisotopic (exact) mass is 406 g/mol. The van der Waals surface area contributed by atoms with Crippen LogP contribution in [0.15, 0.2) is 53.9 Å². The average Bonchev–Trinajstić information content (AvgIpc) is 3.37. The molecule has 4 rings (SSSR count). The predicted octanol–water partition coefficient (Wildman–Crippen LogP) is 4.71. The Labute approximate surface area is 171 Å². The van der Waals surface area contributed by atoms with Crippen LogP contribution < -0.4 is 5.73 Å². The van der Waals surface area contributed by atoms with Gasteiger partial charge in [0.1, 0.15) is 5.78 Å². The van der Waals surface area contributed by atoms with E-state index in [0.29, 0.717) is 27.1 Å². The topological polar surface area (TPSA) is 103 Å². The molecule has 3 aromatic rings. The molecule has 1 fully saturated rings. The first kappa shape index (κ1) is 19.0. The minimum atomic E-state index is -0.567. The quantitative estimate of drug-likeness (QED) is 0.473. The van der Waals surface area contributed by atoms with Crippen molar-refractivity contribution in [3.8, 4) is 21.6 Å². The molecule has 2 aromatic carbocycles. The molecule has 0 spiro atoms. The number of nitro benzene ring substituents is 1. The molecule has 1 heterocycles. The summed E-state index contributed by atoms with van der Waals surface area (Å²) in [7, 11) is 0. The van der Waals surface area contributed by atoms with Crippen LogP contribution in [0.2, 0.25) is 0 Å². The molecule has 0 unspecified atom stereocenters. The minimum Gasteiger partial charge on any atom is -0.366 e. The Morgan fingerprint density at radius 2 is 1.72 bits per heavy atom. The summed E-state index contributed by atoms with van der Waals surface area (Å²) in [4.78, 5) is 35.4. The third-order valence-electron chi connectivity index (χ3n) is 5.56. The standard InChI is InChI=1S/C22H18N2O4S/c1-13(25)22(9-10-22)16-5-2-14(3-6-16)17-7-4-15(12-19(17)24(27)28)20-18(21(23)26)8-11-29-20/h2-8,11-12H,9-10H2,1H3,(H2,23,26). The van der Waals surface area contributed by atoms with Gasteiger partial charge in [-0.15, -0.1) is 11.3 Å². The number of carbonyl (C=O) groups is 2. The Bertz CT molecular complexity index is 1140. The van der Waals surface area contributed by atoms with Crippen molar-refractivity contribution in [2.75, 3.05) is 0 Å². The Kier molecular flexibility index (Phi) is 4.55. The summed E-state index contributed by atoms with van der Waals surface area (Å²) >= 11 is 1.31. The first-order chi connectivity index (χ1) is 13.8. The van der Waals surface area contributed by atoms with Crippen molar-refractivity contribution in [2.24, 2.45) is 5.73 Å². The lowest BCUT2D eigenvalue weighted by Gasteiger charge is -2.13. The van der Waals surface area contributed by atoms with E-state index in [-0.39, 0.29) is 16.9 Å². The molecule has 1 aliphatic rings. The van der Waals surface area contributed by atoms with E-state index in [1.807, 2.05) is 24.3 Å². The fourth-order valence-corrected chi connectivity index (χ4v) is 4.63. The number of Topliss-reactive ketones (excluding diaryl/α,β-unsaturated/α-hetero) is 1. The Hall–Kier alpha value is -3.32. The van der Waals surface area contributed by atoms with Crippen LogP contribution in [-0.2, 0) is 10.2 Å². The lowest BCUT2D eigenvalue weighted by Crippen LogP contribution is -2.16. The second-order valence-electron chi connectivity index (χ2n) is 7.23. The van der Waals surface area contributed by atoms with Crippen molar-refractivity contribution in [1.82, 2.24) is 0 Å². The molecular weight excluding hydrogens is 388 g/mol. The summed E-state index contributed by atoms with van der Waals surface area (Å²) in [5, 5.41) is 13.5. The van der Waals surface area contributed by atoms with Gasteiger partial charge in [-0.3, -0.25) is 19.7 Å². The third-order valence-corrected chi connectivity index (χ3v) is 6.52. The molecular formula is C22H18N2O4S. The molecule has 7 heteroatoms. The SMILES string of the molecule is CC(=O)C1(c2ccc(-c3ccc(-c4sccc4C(N)=O)cc3[N+](=O)[O-])cc2)CC1. The maximum atomic E-state index is 11.9. The Morgan fingerprint density at radius 3 is 2.28 bits per heavy atom. The smallest absolute Gasteiger partial charge is 0.277 e. The van der Waals surface area contributed by atoms with Crippen molar-refractivity contribution in [1.29, 1.82) is 0 Å². The zero-order valence-corrected chi connectivity index (χ0v) is 16.5. The lowest BCUT2D eigenvalue weighted by atomic mass is 9.90. The fraction of sp³-hybridized carbons (Fsp3) is 0.182. The molecule has 146 valence electrons. The second kappa shape index (κ2) is 6.93. The highest BCUT2D eigenvalue weighted by molar-refractivity contribution is 7.14. The summed E-state index contributed by atoms with van der Waals surface area (Å²) < 4.78 is 0. The van der Waals surface area contributed by atoms with Crippen LogP contribution >= 0.6 is 11.3 Å². The van der Waals surface area contributed by atoms with Crippen LogP contribution in [0.5, 0.6) is 0 Å². The van der Waals surface area contributed by atoms with Gasteiger partial charge in [-0.25, -0.2) is 0 Å². The zero-order chi connectivity index (χ0) is 20.8. The van der Waals surface area contributed by atoms with Crippen LogP contribution in [0.3, 0.4) is 0 Å². The molecule has 0 bridgehead atoms. The minimum absolute atomic E-state index is 0.0493. The van der Waals surface area contributed by atoms with Gasteiger partial charge in [0.15, 0.2) is 0 Å². The lowest BCUT2D eigenvalue weighted by molar-refractivity contribution is -0.384. The van der Waals surface area contributed by atoms with Crippen LogP contribution in [0.1, 0.15) is 35.7 Å². The fourth-order valence-electron chi connectivity index (χ4n) is 3.73. The van der Waals surface area contributed by atoms with Gasteiger partial charge in [-0.05, 0) is 54.0 Å². The van der Waals surface area contributed by atoms with Crippen molar-refractivity contribution < 1.29 is 14.5 Å². The Morgan fingerprint density at radius 1 is 1.07 bits per heavy atom. The number of ketones is 1. The molecule has 1 aliphatic carbocycles. The highest BCUT2D eigenvalue weighted by Crippen LogP contribution is 2.49. The number of amides is 1. The number of nitrogens with two attached hydrogens (primary N) is 1. The van der Waals surface area contributed by atoms with Gasteiger partial charge in [0.05, 0.1) is 21.5 Å². The summed E-state index contributed by atoms with van der Waals surface area (Å²) in [6, 6.07) is 13.9. The Balaban J connectivity index is 1.75. The number of thiophene rings is 1. The van der Waals surface area contributed by atoms with Crippen LogP contribution in [0.25, 0.3) is 21.6 Å².